The lowest BCUT2D eigenvalue weighted by atomic mass is 9.92. The first kappa shape index (κ1) is 15.5. The molecular formula is C15H24N2O2. The average Bonchev–Trinajstić information content (AvgIpc) is 2.43. The Morgan fingerprint density at radius 1 is 1.42 bits per heavy atom. The lowest BCUT2D eigenvalue weighted by molar-refractivity contribution is -0.130. The standard InChI is InChI=1S/C15H24N2O2/c1-5-11-10-12(6-7-14(11)19-4)13(8-9-16)15(18)17(2)3/h6-7,10,13H,5,8-9,16H2,1-4H3. The van der Waals surface area contributed by atoms with E-state index in [9.17, 15) is 4.79 Å². The van der Waals surface area contributed by atoms with Gasteiger partial charge in [0.2, 0.25) is 5.91 Å². The van der Waals surface area contributed by atoms with Crippen molar-refractivity contribution in [3.8, 4) is 5.75 Å². The number of nitrogens with two attached hydrogens (primary N) is 1. The van der Waals surface area contributed by atoms with Gasteiger partial charge in [0.05, 0.1) is 13.0 Å². The van der Waals surface area contributed by atoms with E-state index < -0.39 is 0 Å². The third kappa shape index (κ3) is 3.70. The van der Waals surface area contributed by atoms with Crippen LogP contribution in [0.4, 0.5) is 0 Å². The van der Waals surface area contributed by atoms with Crippen molar-refractivity contribution >= 4 is 5.91 Å². The largest absolute Gasteiger partial charge is 0.496 e. The maximum absolute atomic E-state index is 12.2. The van der Waals surface area contributed by atoms with Crippen molar-refractivity contribution in [2.75, 3.05) is 27.7 Å². The van der Waals surface area contributed by atoms with Crippen LogP contribution in [0.1, 0.15) is 30.4 Å². The number of rotatable bonds is 6. The molecule has 106 valence electrons. The van der Waals surface area contributed by atoms with Crippen LogP contribution in [0.5, 0.6) is 5.75 Å². The van der Waals surface area contributed by atoms with Gasteiger partial charge in [0, 0.05) is 14.1 Å². The van der Waals surface area contributed by atoms with E-state index in [0.29, 0.717) is 13.0 Å². The lowest BCUT2D eigenvalue weighted by Gasteiger charge is -2.21. The van der Waals surface area contributed by atoms with Crippen molar-refractivity contribution < 1.29 is 9.53 Å². The number of benzene rings is 1. The maximum atomic E-state index is 12.2. The minimum atomic E-state index is -0.170. The van der Waals surface area contributed by atoms with Crippen molar-refractivity contribution in [3.63, 3.8) is 0 Å². The summed E-state index contributed by atoms with van der Waals surface area (Å²) in [4.78, 5) is 13.8. The van der Waals surface area contributed by atoms with Crippen LogP contribution in [0.3, 0.4) is 0 Å². The van der Waals surface area contributed by atoms with E-state index in [2.05, 4.69) is 13.0 Å². The minimum Gasteiger partial charge on any atom is -0.496 e. The van der Waals surface area contributed by atoms with Gasteiger partial charge in [0.1, 0.15) is 5.75 Å². The molecule has 19 heavy (non-hydrogen) atoms. The van der Waals surface area contributed by atoms with E-state index >= 15 is 0 Å². The monoisotopic (exact) mass is 264 g/mol. The van der Waals surface area contributed by atoms with Crippen LogP contribution in [0, 0.1) is 0 Å². The first-order chi connectivity index (χ1) is 9.04. The smallest absolute Gasteiger partial charge is 0.229 e. The molecule has 0 aliphatic rings. The molecule has 0 aromatic heterocycles. The third-order valence-electron chi connectivity index (χ3n) is 3.28. The lowest BCUT2D eigenvalue weighted by Crippen LogP contribution is -2.29. The van der Waals surface area contributed by atoms with Crippen molar-refractivity contribution in [2.45, 2.75) is 25.7 Å². The average molecular weight is 264 g/mol. The molecule has 0 saturated carbocycles. The molecule has 1 atom stereocenters. The van der Waals surface area contributed by atoms with Gasteiger partial charge in [-0.2, -0.15) is 0 Å². The Morgan fingerprint density at radius 2 is 2.11 bits per heavy atom. The van der Waals surface area contributed by atoms with Crippen LogP contribution >= 0.6 is 0 Å². The summed E-state index contributed by atoms with van der Waals surface area (Å²) in [5, 5.41) is 0. The Kier molecular flexibility index (Phi) is 5.83. The fraction of sp³-hybridized carbons (Fsp3) is 0.533. The summed E-state index contributed by atoms with van der Waals surface area (Å²) in [6.45, 7) is 2.57. The van der Waals surface area contributed by atoms with Crippen LogP contribution in [-0.2, 0) is 11.2 Å². The van der Waals surface area contributed by atoms with E-state index in [-0.39, 0.29) is 11.8 Å². The predicted molar refractivity (Wildman–Crippen MR) is 77.5 cm³/mol. The fourth-order valence-electron chi connectivity index (χ4n) is 2.20. The Morgan fingerprint density at radius 3 is 2.58 bits per heavy atom. The first-order valence-electron chi connectivity index (χ1n) is 6.63. The second-order valence-electron chi connectivity index (χ2n) is 4.79. The summed E-state index contributed by atoms with van der Waals surface area (Å²) in [6, 6.07) is 5.95. The molecule has 0 aliphatic heterocycles. The predicted octanol–water partition coefficient (Wildman–Crippen LogP) is 1.78. The normalized spacial score (nSPS) is 12.1. The summed E-state index contributed by atoms with van der Waals surface area (Å²) >= 11 is 0. The number of likely N-dealkylation sites (N-methyl/N-ethyl adjacent to an activating group) is 1. The van der Waals surface area contributed by atoms with E-state index in [0.717, 1.165) is 23.3 Å². The Hall–Kier alpha value is -1.55. The van der Waals surface area contributed by atoms with E-state index in [1.165, 1.54) is 0 Å². The number of carbonyl (C=O) groups excluding carboxylic acids is 1. The number of hydrogen-bond acceptors (Lipinski definition) is 3. The van der Waals surface area contributed by atoms with Crippen LogP contribution in [0.25, 0.3) is 0 Å². The van der Waals surface area contributed by atoms with Crippen molar-refractivity contribution in [3.05, 3.63) is 29.3 Å². The SMILES string of the molecule is CCc1cc(C(CCN)C(=O)N(C)C)ccc1OC. The van der Waals surface area contributed by atoms with Crippen LogP contribution in [0.2, 0.25) is 0 Å². The summed E-state index contributed by atoms with van der Waals surface area (Å²) < 4.78 is 5.32. The van der Waals surface area contributed by atoms with Crippen LogP contribution in [-0.4, -0.2) is 38.6 Å². The molecule has 0 radical (unpaired) electrons. The summed E-state index contributed by atoms with van der Waals surface area (Å²) in [7, 11) is 5.21. The van der Waals surface area contributed by atoms with Crippen LogP contribution < -0.4 is 10.5 Å². The van der Waals surface area contributed by atoms with Gasteiger partial charge in [-0.3, -0.25) is 4.79 Å². The molecule has 0 fully saturated rings. The number of aryl methyl sites for hydroxylation is 1. The highest BCUT2D eigenvalue weighted by molar-refractivity contribution is 5.83. The molecule has 4 heteroatoms. The van der Waals surface area contributed by atoms with E-state index in [1.807, 2.05) is 12.1 Å². The van der Waals surface area contributed by atoms with Crippen molar-refractivity contribution in [2.24, 2.45) is 5.73 Å². The number of hydrogen-bond donors (Lipinski definition) is 1. The van der Waals surface area contributed by atoms with Gasteiger partial charge in [0.15, 0.2) is 0 Å². The Labute approximate surface area is 115 Å². The van der Waals surface area contributed by atoms with Crippen molar-refractivity contribution in [1.29, 1.82) is 0 Å². The molecule has 0 heterocycles. The van der Waals surface area contributed by atoms with Gasteiger partial charge in [-0.15, -0.1) is 0 Å². The van der Waals surface area contributed by atoms with Gasteiger partial charge in [-0.05, 0) is 36.6 Å². The zero-order valence-corrected chi connectivity index (χ0v) is 12.3. The highest BCUT2D eigenvalue weighted by Gasteiger charge is 2.22. The van der Waals surface area contributed by atoms with E-state index in [4.69, 9.17) is 10.5 Å². The number of amides is 1. The number of methoxy groups -OCH3 is 1. The zero-order chi connectivity index (χ0) is 14.4. The molecule has 1 amide bonds. The topological polar surface area (TPSA) is 55.6 Å². The van der Waals surface area contributed by atoms with Crippen LogP contribution in [0.15, 0.2) is 18.2 Å². The summed E-state index contributed by atoms with van der Waals surface area (Å²) in [5.74, 6) is 0.795. The Bertz CT molecular complexity index is 430. The molecular weight excluding hydrogens is 240 g/mol. The number of carbonyl (C=O) groups is 1. The van der Waals surface area contributed by atoms with Gasteiger partial charge < -0.3 is 15.4 Å². The zero-order valence-electron chi connectivity index (χ0n) is 12.3. The van der Waals surface area contributed by atoms with Gasteiger partial charge in [0.25, 0.3) is 0 Å². The highest BCUT2D eigenvalue weighted by atomic mass is 16.5. The molecule has 1 rings (SSSR count). The molecule has 4 nitrogen and oxygen atoms in total. The summed E-state index contributed by atoms with van der Waals surface area (Å²) in [5.41, 5.74) is 7.77. The molecule has 1 unspecified atom stereocenters. The van der Waals surface area contributed by atoms with Gasteiger partial charge in [-0.1, -0.05) is 19.1 Å². The second-order valence-corrected chi connectivity index (χ2v) is 4.79. The molecule has 0 saturated heterocycles. The quantitative estimate of drug-likeness (QED) is 0.852. The Balaban J connectivity index is 3.12. The molecule has 2 N–H and O–H groups in total. The fourth-order valence-corrected chi connectivity index (χ4v) is 2.20. The molecule has 0 spiro atoms. The third-order valence-corrected chi connectivity index (χ3v) is 3.28. The number of nitrogens with zero attached hydrogens (tertiary/aromatic N) is 1. The maximum Gasteiger partial charge on any atom is 0.229 e. The molecule has 0 aliphatic carbocycles. The number of ether oxygens (including phenoxy) is 1. The van der Waals surface area contributed by atoms with Crippen molar-refractivity contribution in [1.82, 2.24) is 4.90 Å². The highest BCUT2D eigenvalue weighted by Crippen LogP contribution is 2.27. The summed E-state index contributed by atoms with van der Waals surface area (Å²) in [6.07, 6.45) is 1.54. The van der Waals surface area contributed by atoms with Gasteiger partial charge >= 0.3 is 0 Å². The molecule has 1 aromatic rings. The second kappa shape index (κ2) is 7.14. The first-order valence-corrected chi connectivity index (χ1v) is 6.63. The minimum absolute atomic E-state index is 0.0951. The molecule has 1 aromatic carbocycles. The molecule has 0 bridgehead atoms. The van der Waals surface area contributed by atoms with Gasteiger partial charge in [-0.25, -0.2) is 0 Å². The van der Waals surface area contributed by atoms with E-state index in [1.54, 1.807) is 26.1 Å².